The highest BCUT2D eigenvalue weighted by Crippen LogP contribution is 2.33. The van der Waals surface area contributed by atoms with E-state index in [1.54, 1.807) is 12.1 Å². The van der Waals surface area contributed by atoms with Crippen molar-refractivity contribution in [3.8, 4) is 0 Å². The van der Waals surface area contributed by atoms with Crippen molar-refractivity contribution in [2.45, 2.75) is 32.5 Å². The molecule has 162 valence electrons. The first-order valence-electron chi connectivity index (χ1n) is 9.78. The maximum absolute atomic E-state index is 13.8. The molecule has 0 radical (unpaired) electrons. The Kier molecular flexibility index (Phi) is 6.60. The largest absolute Gasteiger partial charge is 0.465 e. The number of halogens is 3. The van der Waals surface area contributed by atoms with Crippen molar-refractivity contribution in [2.24, 2.45) is 5.92 Å². The van der Waals surface area contributed by atoms with Crippen LogP contribution in [0, 0.1) is 5.92 Å². The molecule has 6 nitrogen and oxygen atoms in total. The van der Waals surface area contributed by atoms with Crippen LogP contribution in [0.5, 0.6) is 0 Å². The second-order valence-corrected chi connectivity index (χ2v) is 7.62. The number of nitrogens with one attached hydrogen (secondary N) is 1. The molecule has 1 aliphatic heterocycles. The van der Waals surface area contributed by atoms with Gasteiger partial charge in [0.05, 0.1) is 12.7 Å². The normalized spacial score (nSPS) is 17.3. The molecule has 2 aromatic rings. The number of piperazine rings is 1. The fourth-order valence-electron chi connectivity index (χ4n) is 3.58. The predicted molar refractivity (Wildman–Crippen MR) is 106 cm³/mol. The molecule has 1 atom stereocenters. The van der Waals surface area contributed by atoms with Crippen LogP contribution < -0.4 is 10.2 Å². The summed E-state index contributed by atoms with van der Waals surface area (Å²) in [7, 11) is 1.27. The highest BCUT2D eigenvalue weighted by atomic mass is 19.4. The van der Waals surface area contributed by atoms with Gasteiger partial charge in [-0.1, -0.05) is 26.0 Å². The van der Waals surface area contributed by atoms with Gasteiger partial charge in [-0.15, -0.1) is 0 Å². The van der Waals surface area contributed by atoms with Gasteiger partial charge in [0.25, 0.3) is 0 Å². The number of hydrogen-bond acceptors (Lipinski definition) is 6. The van der Waals surface area contributed by atoms with Gasteiger partial charge in [0, 0.05) is 43.9 Å². The molecule has 0 aliphatic carbocycles. The number of rotatable bonds is 5. The summed E-state index contributed by atoms with van der Waals surface area (Å²) in [6.07, 6.45) is -3.33. The summed E-state index contributed by atoms with van der Waals surface area (Å²) in [6, 6.07) is 6.28. The molecule has 1 aromatic heterocycles. The quantitative estimate of drug-likeness (QED) is 0.746. The molecule has 30 heavy (non-hydrogen) atoms. The number of anilines is 1. The number of hydrogen-bond donors (Lipinski definition) is 1. The average molecular weight is 422 g/mol. The fourth-order valence-corrected chi connectivity index (χ4v) is 3.58. The Morgan fingerprint density at radius 1 is 1.30 bits per heavy atom. The van der Waals surface area contributed by atoms with Crippen LogP contribution in [0.1, 0.15) is 41.0 Å². The molecule has 1 aliphatic rings. The first kappa shape index (κ1) is 22.0. The van der Waals surface area contributed by atoms with E-state index >= 15 is 0 Å². The summed E-state index contributed by atoms with van der Waals surface area (Å²) < 4.78 is 46.0. The molecule has 2 heterocycles. The van der Waals surface area contributed by atoms with E-state index in [9.17, 15) is 18.0 Å². The number of carbonyl (C=O) groups is 1. The summed E-state index contributed by atoms with van der Waals surface area (Å²) in [5.74, 6) is -0.156. The van der Waals surface area contributed by atoms with Gasteiger partial charge in [-0.3, -0.25) is 0 Å². The number of carbonyl (C=O) groups excluding carboxylic acids is 1. The molecule has 1 N–H and O–H groups in total. The van der Waals surface area contributed by atoms with Crippen molar-refractivity contribution < 1.29 is 22.7 Å². The maximum atomic E-state index is 13.8. The van der Waals surface area contributed by atoms with Crippen molar-refractivity contribution >= 4 is 11.9 Å². The lowest BCUT2D eigenvalue weighted by atomic mass is 10.0. The Morgan fingerprint density at radius 3 is 2.60 bits per heavy atom. The highest BCUT2D eigenvalue weighted by molar-refractivity contribution is 5.89. The van der Waals surface area contributed by atoms with Gasteiger partial charge >= 0.3 is 12.1 Å². The predicted octanol–water partition coefficient (Wildman–Crippen LogP) is 3.31. The minimum Gasteiger partial charge on any atom is -0.465 e. The molecule has 0 unspecified atom stereocenters. The zero-order chi connectivity index (χ0) is 21.9. The summed E-state index contributed by atoms with van der Waals surface area (Å²) in [5.41, 5.74) is 0.0212. The zero-order valence-electron chi connectivity index (χ0n) is 17.2. The molecule has 1 aromatic carbocycles. The Balaban J connectivity index is 1.91. The average Bonchev–Trinajstić information content (AvgIpc) is 2.73. The number of nitrogens with zero attached hydrogens (tertiary/aromatic N) is 3. The molecule has 3 rings (SSSR count). The lowest BCUT2D eigenvalue weighted by molar-refractivity contribution is -0.141. The van der Waals surface area contributed by atoms with Crippen molar-refractivity contribution in [3.63, 3.8) is 0 Å². The van der Waals surface area contributed by atoms with E-state index in [2.05, 4.69) is 20.0 Å². The molecular weight excluding hydrogens is 397 g/mol. The lowest BCUT2D eigenvalue weighted by Crippen LogP contribution is -2.54. The van der Waals surface area contributed by atoms with Gasteiger partial charge in [0.2, 0.25) is 5.95 Å². The molecule has 0 amide bonds. The Morgan fingerprint density at radius 2 is 2.00 bits per heavy atom. The van der Waals surface area contributed by atoms with Crippen LogP contribution in [0.15, 0.2) is 30.5 Å². The second kappa shape index (κ2) is 8.99. The Hall–Kier alpha value is -2.68. The van der Waals surface area contributed by atoms with Crippen LogP contribution in [-0.4, -0.2) is 48.7 Å². The SMILES string of the molecule is COC(=O)c1ccc(Cc2cnc(N3CCNC[C@H]3C(C)C)nc2C(F)(F)F)cc1. The van der Waals surface area contributed by atoms with Crippen molar-refractivity contribution in [3.05, 3.63) is 52.8 Å². The number of methoxy groups -OCH3 is 1. The smallest absolute Gasteiger partial charge is 0.433 e. The van der Waals surface area contributed by atoms with E-state index in [1.165, 1.54) is 25.4 Å². The highest BCUT2D eigenvalue weighted by Gasteiger charge is 2.37. The van der Waals surface area contributed by atoms with E-state index in [0.29, 0.717) is 30.8 Å². The third-order valence-electron chi connectivity index (χ3n) is 5.20. The summed E-state index contributed by atoms with van der Waals surface area (Å²) in [4.78, 5) is 21.6. The number of esters is 1. The summed E-state index contributed by atoms with van der Waals surface area (Å²) >= 11 is 0. The van der Waals surface area contributed by atoms with E-state index in [1.807, 2.05) is 18.7 Å². The summed E-state index contributed by atoms with van der Waals surface area (Å²) in [5, 5.41) is 3.27. The van der Waals surface area contributed by atoms with Crippen molar-refractivity contribution in [1.29, 1.82) is 0 Å². The van der Waals surface area contributed by atoms with Crippen molar-refractivity contribution in [2.75, 3.05) is 31.6 Å². The van der Waals surface area contributed by atoms with Crippen LogP contribution in [0.3, 0.4) is 0 Å². The molecule has 1 saturated heterocycles. The minimum absolute atomic E-state index is 0.00570. The van der Waals surface area contributed by atoms with E-state index in [-0.39, 0.29) is 29.9 Å². The molecule has 9 heteroatoms. The summed E-state index contributed by atoms with van der Waals surface area (Å²) in [6.45, 7) is 5.96. The van der Waals surface area contributed by atoms with Gasteiger partial charge < -0.3 is 15.0 Å². The van der Waals surface area contributed by atoms with Crippen LogP contribution >= 0.6 is 0 Å². The number of ether oxygens (including phenoxy) is 1. The molecule has 0 spiro atoms. The number of alkyl halides is 3. The third-order valence-corrected chi connectivity index (χ3v) is 5.20. The van der Waals surface area contributed by atoms with Gasteiger partial charge in [-0.2, -0.15) is 13.2 Å². The molecular formula is C21H25F3N4O2. The van der Waals surface area contributed by atoms with E-state index in [0.717, 1.165) is 0 Å². The molecule has 0 saturated carbocycles. The Bertz CT molecular complexity index is 885. The number of aromatic nitrogens is 2. The first-order valence-corrected chi connectivity index (χ1v) is 9.78. The van der Waals surface area contributed by atoms with Crippen LogP contribution in [0.2, 0.25) is 0 Å². The topological polar surface area (TPSA) is 67.3 Å². The fraction of sp³-hybridized carbons (Fsp3) is 0.476. The molecule has 0 bridgehead atoms. The van der Waals surface area contributed by atoms with Gasteiger partial charge in [0.1, 0.15) is 0 Å². The minimum atomic E-state index is -4.60. The van der Waals surface area contributed by atoms with Gasteiger partial charge in [0.15, 0.2) is 5.69 Å². The Labute approximate surface area is 173 Å². The number of benzene rings is 1. The third kappa shape index (κ3) is 4.89. The van der Waals surface area contributed by atoms with Gasteiger partial charge in [-0.25, -0.2) is 14.8 Å². The van der Waals surface area contributed by atoms with Crippen LogP contribution in [-0.2, 0) is 17.3 Å². The van der Waals surface area contributed by atoms with Crippen LogP contribution in [0.25, 0.3) is 0 Å². The van der Waals surface area contributed by atoms with Crippen LogP contribution in [0.4, 0.5) is 19.1 Å². The maximum Gasteiger partial charge on any atom is 0.433 e. The monoisotopic (exact) mass is 422 g/mol. The first-order chi connectivity index (χ1) is 14.2. The van der Waals surface area contributed by atoms with E-state index in [4.69, 9.17) is 0 Å². The molecule has 1 fully saturated rings. The van der Waals surface area contributed by atoms with Gasteiger partial charge in [-0.05, 0) is 23.6 Å². The standard InChI is InChI=1S/C21H25F3N4O2/c1-13(2)17-12-25-8-9-28(17)20-26-11-16(18(27-20)21(22,23)24)10-14-4-6-15(7-5-14)19(29)30-3/h4-7,11,13,17,25H,8-10,12H2,1-3H3/t17-/m0/s1. The zero-order valence-corrected chi connectivity index (χ0v) is 17.2. The van der Waals surface area contributed by atoms with E-state index < -0.39 is 17.8 Å². The lowest BCUT2D eigenvalue weighted by Gasteiger charge is -2.38. The second-order valence-electron chi connectivity index (χ2n) is 7.62. The van der Waals surface area contributed by atoms with Crippen molar-refractivity contribution in [1.82, 2.24) is 15.3 Å².